The Morgan fingerprint density at radius 1 is 1.33 bits per heavy atom. The second-order valence-corrected chi connectivity index (χ2v) is 6.15. The summed E-state index contributed by atoms with van der Waals surface area (Å²) < 4.78 is 13.6. The third-order valence-corrected chi connectivity index (χ3v) is 4.74. The van der Waals surface area contributed by atoms with Crippen LogP contribution in [0, 0.1) is 17.7 Å². The van der Waals surface area contributed by atoms with Crippen molar-refractivity contribution in [2.75, 3.05) is 12.4 Å². The first kappa shape index (κ1) is 14.3. The fraction of sp³-hybridized carbons (Fsp3) is 0.571. The molecule has 0 spiro atoms. The Bertz CT molecular complexity index is 399. The first-order chi connectivity index (χ1) is 8.70. The fourth-order valence-electron chi connectivity index (χ4n) is 2.64. The van der Waals surface area contributed by atoms with E-state index in [1.807, 2.05) is 12.1 Å². The molecule has 0 saturated heterocycles. The number of hydrogen-bond acceptors (Lipinski definition) is 1. The molecule has 1 N–H and O–H groups in total. The number of benzene rings is 1. The third kappa shape index (κ3) is 3.69. The number of alkyl halides is 1. The topological polar surface area (TPSA) is 12.0 Å². The molecule has 1 aromatic carbocycles. The number of halogens is 3. The zero-order chi connectivity index (χ0) is 13.0. The molecule has 1 nitrogen and oxygen atoms in total. The van der Waals surface area contributed by atoms with Crippen molar-refractivity contribution in [3.8, 4) is 0 Å². The van der Waals surface area contributed by atoms with Crippen molar-refractivity contribution in [3.05, 3.63) is 34.1 Å². The van der Waals surface area contributed by atoms with Gasteiger partial charge in [0.25, 0.3) is 0 Å². The Morgan fingerprint density at radius 2 is 2.11 bits per heavy atom. The molecule has 0 radical (unpaired) electrons. The molecule has 1 aliphatic rings. The van der Waals surface area contributed by atoms with Crippen LogP contribution < -0.4 is 5.32 Å². The monoisotopic (exact) mass is 333 g/mol. The van der Waals surface area contributed by atoms with Gasteiger partial charge in [-0.1, -0.05) is 12.5 Å². The summed E-state index contributed by atoms with van der Waals surface area (Å²) in [4.78, 5) is 0. The Labute approximate surface area is 121 Å². The molecule has 0 bridgehead atoms. The minimum absolute atomic E-state index is 0.211. The molecule has 2 unspecified atom stereocenters. The van der Waals surface area contributed by atoms with Crippen LogP contribution in [0.15, 0.2) is 22.7 Å². The third-order valence-electron chi connectivity index (χ3n) is 3.73. The lowest BCUT2D eigenvalue weighted by Gasteiger charge is -2.17. The Hall–Kier alpha value is -0.120. The van der Waals surface area contributed by atoms with Gasteiger partial charge in [-0.05, 0) is 64.8 Å². The van der Waals surface area contributed by atoms with Crippen LogP contribution in [0.25, 0.3) is 0 Å². The summed E-state index contributed by atoms with van der Waals surface area (Å²) in [5.41, 5.74) is 1.10. The minimum Gasteiger partial charge on any atom is -0.312 e. The van der Waals surface area contributed by atoms with Gasteiger partial charge in [0.05, 0.1) is 4.47 Å². The van der Waals surface area contributed by atoms with Gasteiger partial charge in [-0.25, -0.2) is 4.39 Å². The van der Waals surface area contributed by atoms with E-state index >= 15 is 0 Å². The summed E-state index contributed by atoms with van der Waals surface area (Å²) in [5.74, 6) is 1.93. The standard InChI is InChI=1S/C14H18BrClFN/c15-13-6-10(4-5-14(13)17)8-18-9-12-3-1-2-11(12)7-16/h4-6,11-12,18H,1-3,7-9H2. The molecule has 2 rings (SSSR count). The quantitative estimate of drug-likeness (QED) is 0.790. The van der Waals surface area contributed by atoms with Gasteiger partial charge in [-0.15, -0.1) is 11.6 Å². The van der Waals surface area contributed by atoms with E-state index in [4.69, 9.17) is 11.6 Å². The second-order valence-electron chi connectivity index (χ2n) is 4.98. The van der Waals surface area contributed by atoms with Crippen LogP contribution in [0.1, 0.15) is 24.8 Å². The van der Waals surface area contributed by atoms with E-state index in [1.54, 1.807) is 0 Å². The number of nitrogens with one attached hydrogen (secondary N) is 1. The lowest BCUT2D eigenvalue weighted by Crippen LogP contribution is -2.25. The highest BCUT2D eigenvalue weighted by atomic mass is 79.9. The maximum Gasteiger partial charge on any atom is 0.137 e. The van der Waals surface area contributed by atoms with Gasteiger partial charge < -0.3 is 5.32 Å². The van der Waals surface area contributed by atoms with Gasteiger partial charge in [0.1, 0.15) is 5.82 Å². The molecular formula is C14H18BrClFN. The molecule has 1 aromatic rings. The largest absolute Gasteiger partial charge is 0.312 e. The first-order valence-electron chi connectivity index (χ1n) is 6.41. The summed E-state index contributed by atoms with van der Waals surface area (Å²) in [6, 6.07) is 5.15. The highest BCUT2D eigenvalue weighted by molar-refractivity contribution is 9.10. The SMILES string of the molecule is Fc1ccc(CNCC2CCCC2CCl)cc1Br. The summed E-state index contributed by atoms with van der Waals surface area (Å²) in [6.07, 6.45) is 3.83. The van der Waals surface area contributed by atoms with Crippen LogP contribution in [-0.4, -0.2) is 12.4 Å². The fourth-order valence-corrected chi connectivity index (χ4v) is 3.47. The van der Waals surface area contributed by atoms with Gasteiger partial charge in [-0.3, -0.25) is 0 Å². The van der Waals surface area contributed by atoms with Crippen LogP contribution in [0.3, 0.4) is 0 Å². The predicted molar refractivity (Wildman–Crippen MR) is 77.4 cm³/mol. The number of rotatable bonds is 5. The normalized spacial score (nSPS) is 23.5. The molecule has 0 aliphatic heterocycles. The van der Waals surface area contributed by atoms with Crippen LogP contribution in [0.2, 0.25) is 0 Å². The van der Waals surface area contributed by atoms with E-state index in [0.717, 1.165) is 24.5 Å². The van der Waals surface area contributed by atoms with Crippen molar-refractivity contribution in [1.82, 2.24) is 5.32 Å². The van der Waals surface area contributed by atoms with Crippen molar-refractivity contribution in [2.45, 2.75) is 25.8 Å². The van der Waals surface area contributed by atoms with Crippen molar-refractivity contribution < 1.29 is 4.39 Å². The highest BCUT2D eigenvalue weighted by Crippen LogP contribution is 2.32. The molecule has 2 atom stereocenters. The average Bonchev–Trinajstić information content (AvgIpc) is 2.81. The van der Waals surface area contributed by atoms with E-state index in [9.17, 15) is 4.39 Å². The first-order valence-corrected chi connectivity index (χ1v) is 7.74. The molecule has 1 saturated carbocycles. The van der Waals surface area contributed by atoms with E-state index in [2.05, 4.69) is 21.2 Å². The molecule has 18 heavy (non-hydrogen) atoms. The molecule has 0 amide bonds. The van der Waals surface area contributed by atoms with Gasteiger partial charge >= 0.3 is 0 Å². The van der Waals surface area contributed by atoms with Gasteiger partial charge in [-0.2, -0.15) is 0 Å². The zero-order valence-corrected chi connectivity index (χ0v) is 12.6. The zero-order valence-electron chi connectivity index (χ0n) is 10.3. The number of hydrogen-bond donors (Lipinski definition) is 1. The van der Waals surface area contributed by atoms with Crippen molar-refractivity contribution in [3.63, 3.8) is 0 Å². The molecule has 100 valence electrons. The van der Waals surface area contributed by atoms with Crippen LogP contribution in [0.4, 0.5) is 4.39 Å². The molecule has 0 heterocycles. The van der Waals surface area contributed by atoms with Crippen LogP contribution in [-0.2, 0) is 6.54 Å². The maximum absolute atomic E-state index is 13.1. The summed E-state index contributed by atoms with van der Waals surface area (Å²) in [7, 11) is 0. The Balaban J connectivity index is 1.79. The summed E-state index contributed by atoms with van der Waals surface area (Å²) in [6.45, 7) is 1.79. The molecule has 4 heteroatoms. The predicted octanol–water partition coefficient (Wildman–Crippen LogP) is 4.33. The minimum atomic E-state index is -0.211. The van der Waals surface area contributed by atoms with Crippen molar-refractivity contribution >= 4 is 27.5 Å². The van der Waals surface area contributed by atoms with E-state index in [1.165, 1.54) is 25.3 Å². The van der Waals surface area contributed by atoms with E-state index in [-0.39, 0.29) is 5.82 Å². The lowest BCUT2D eigenvalue weighted by molar-refractivity contribution is 0.395. The summed E-state index contributed by atoms with van der Waals surface area (Å²) in [5, 5.41) is 3.45. The second kappa shape index (κ2) is 6.88. The van der Waals surface area contributed by atoms with Crippen molar-refractivity contribution in [1.29, 1.82) is 0 Å². The van der Waals surface area contributed by atoms with Gasteiger partial charge in [0.15, 0.2) is 0 Å². The summed E-state index contributed by atoms with van der Waals surface area (Å²) >= 11 is 9.17. The smallest absolute Gasteiger partial charge is 0.137 e. The molecule has 1 fully saturated rings. The average molecular weight is 335 g/mol. The molecule has 0 aromatic heterocycles. The Kier molecular flexibility index (Phi) is 5.46. The van der Waals surface area contributed by atoms with Crippen LogP contribution >= 0.6 is 27.5 Å². The molecular weight excluding hydrogens is 317 g/mol. The van der Waals surface area contributed by atoms with Crippen LogP contribution in [0.5, 0.6) is 0 Å². The van der Waals surface area contributed by atoms with Gasteiger partial charge in [0, 0.05) is 12.4 Å². The van der Waals surface area contributed by atoms with E-state index < -0.39 is 0 Å². The lowest BCUT2D eigenvalue weighted by atomic mass is 9.98. The van der Waals surface area contributed by atoms with Crippen molar-refractivity contribution in [2.24, 2.45) is 11.8 Å². The van der Waals surface area contributed by atoms with Gasteiger partial charge in [0.2, 0.25) is 0 Å². The van der Waals surface area contributed by atoms with E-state index in [0.29, 0.717) is 16.3 Å². The molecule has 1 aliphatic carbocycles. The Morgan fingerprint density at radius 3 is 2.83 bits per heavy atom. The highest BCUT2D eigenvalue weighted by Gasteiger charge is 2.25. The maximum atomic E-state index is 13.1.